The van der Waals surface area contributed by atoms with Crippen LogP contribution in [0.15, 0.2) is 69.6 Å². The number of methoxy groups -OCH3 is 6. The number of hydrogen-bond acceptors (Lipinski definition) is 6. The maximum atomic E-state index is 6.15. The maximum Gasteiger partial charge on any atom is 0.137 e. The lowest BCUT2D eigenvalue weighted by Gasteiger charge is -2.46. The van der Waals surface area contributed by atoms with E-state index >= 15 is 0 Å². The highest BCUT2D eigenvalue weighted by Crippen LogP contribution is 2.76. The van der Waals surface area contributed by atoms with Crippen LogP contribution in [-0.4, -0.2) is 42.7 Å². The fourth-order valence-corrected chi connectivity index (χ4v) is 10.3. The number of fused-ring (bicyclic) bond motifs is 7. The molecule has 6 rings (SSSR count). The van der Waals surface area contributed by atoms with Crippen LogP contribution in [0.2, 0.25) is 0 Å². The number of benzene rings is 4. The maximum absolute atomic E-state index is 6.15. The van der Waals surface area contributed by atoms with Gasteiger partial charge in [0.05, 0.1) is 55.9 Å². The van der Waals surface area contributed by atoms with Gasteiger partial charge in [0.15, 0.2) is 0 Å². The second kappa shape index (κ2) is 11.6. The van der Waals surface area contributed by atoms with E-state index in [-0.39, 0.29) is 17.8 Å². The Morgan fingerprint density at radius 3 is 1.49 bits per heavy atom. The minimum absolute atomic E-state index is 0.0848. The number of rotatable bonds is 8. The van der Waals surface area contributed by atoms with Crippen LogP contribution < -0.4 is 28.4 Å². The van der Waals surface area contributed by atoms with Crippen molar-refractivity contribution in [3.8, 4) is 34.5 Å². The summed E-state index contributed by atoms with van der Waals surface area (Å²) in [6.45, 7) is 0. The molecule has 0 aliphatic heterocycles. The topological polar surface area (TPSA) is 55.4 Å². The number of halogens is 3. The highest BCUT2D eigenvalue weighted by atomic mass is 79.9. The molecule has 4 atom stereocenters. The summed E-state index contributed by atoms with van der Waals surface area (Å²) in [4.78, 5) is 0. The Balaban J connectivity index is 1.82. The van der Waals surface area contributed by atoms with E-state index in [9.17, 15) is 0 Å². The van der Waals surface area contributed by atoms with Crippen LogP contribution in [0.3, 0.4) is 0 Å². The minimum atomic E-state index is -0.675. The minimum Gasteiger partial charge on any atom is -0.497 e. The van der Waals surface area contributed by atoms with Gasteiger partial charge in [0, 0.05) is 41.0 Å². The molecule has 0 saturated carbocycles. The molecular formula is C34H31Br3O6. The third-order valence-electron chi connectivity index (χ3n) is 8.81. The average Bonchev–Trinajstić information content (AvgIpc) is 3.25. The van der Waals surface area contributed by atoms with Gasteiger partial charge in [-0.15, -0.1) is 0 Å². The van der Waals surface area contributed by atoms with E-state index in [1.54, 1.807) is 42.7 Å². The molecule has 0 aromatic heterocycles. The molecule has 2 bridgehead atoms. The first-order valence-electron chi connectivity index (χ1n) is 13.6. The zero-order valence-corrected chi connectivity index (χ0v) is 29.3. The van der Waals surface area contributed by atoms with E-state index in [4.69, 9.17) is 28.4 Å². The number of ether oxygens (including phenoxy) is 6. The van der Waals surface area contributed by atoms with Gasteiger partial charge in [-0.3, -0.25) is 0 Å². The van der Waals surface area contributed by atoms with Gasteiger partial charge in [0.25, 0.3) is 0 Å². The predicted octanol–water partition coefficient (Wildman–Crippen LogP) is 8.93. The predicted molar refractivity (Wildman–Crippen MR) is 178 cm³/mol. The van der Waals surface area contributed by atoms with E-state index in [1.165, 1.54) is 0 Å². The van der Waals surface area contributed by atoms with Crippen LogP contribution in [0.5, 0.6) is 34.5 Å². The summed E-state index contributed by atoms with van der Waals surface area (Å²) in [5, 5.41) is 0. The highest BCUT2D eigenvalue weighted by molar-refractivity contribution is 9.11. The second-order valence-corrected chi connectivity index (χ2v) is 13.4. The van der Waals surface area contributed by atoms with Crippen LogP contribution in [-0.2, 0) is 4.32 Å². The first-order chi connectivity index (χ1) is 20.8. The Kier molecular flexibility index (Phi) is 8.11. The Bertz CT molecular complexity index is 1690. The lowest BCUT2D eigenvalue weighted by atomic mass is 9.62. The van der Waals surface area contributed by atoms with Crippen molar-refractivity contribution < 1.29 is 28.4 Å². The zero-order valence-electron chi connectivity index (χ0n) is 24.6. The summed E-state index contributed by atoms with van der Waals surface area (Å²) < 4.78 is 36.2. The molecule has 0 spiro atoms. The first kappa shape index (κ1) is 30.2. The van der Waals surface area contributed by atoms with Gasteiger partial charge < -0.3 is 28.4 Å². The molecule has 9 heteroatoms. The van der Waals surface area contributed by atoms with Gasteiger partial charge in [-0.2, -0.15) is 0 Å². The lowest BCUT2D eigenvalue weighted by molar-refractivity contribution is 0.363. The summed E-state index contributed by atoms with van der Waals surface area (Å²) in [6.07, 6.45) is 0. The van der Waals surface area contributed by atoms with Crippen molar-refractivity contribution >= 4 is 47.8 Å². The molecule has 2 aliphatic carbocycles. The zero-order chi connectivity index (χ0) is 30.6. The normalized spacial score (nSPS) is 21.5. The second-order valence-electron chi connectivity index (χ2n) is 10.5. The number of hydrogen-bond donors (Lipinski definition) is 0. The van der Waals surface area contributed by atoms with Crippen molar-refractivity contribution in [1.82, 2.24) is 0 Å². The van der Waals surface area contributed by atoms with Crippen LogP contribution in [0.25, 0.3) is 0 Å². The van der Waals surface area contributed by atoms with Gasteiger partial charge in [-0.1, -0.05) is 40.2 Å². The molecule has 3 unspecified atom stereocenters. The van der Waals surface area contributed by atoms with Gasteiger partial charge in [-0.05, 0) is 78.4 Å². The van der Waals surface area contributed by atoms with Crippen molar-refractivity contribution in [3.63, 3.8) is 0 Å². The Morgan fingerprint density at radius 2 is 1.00 bits per heavy atom. The summed E-state index contributed by atoms with van der Waals surface area (Å²) in [5.41, 5.74) is 6.52. The molecule has 0 saturated heterocycles. The Hall–Kier alpha value is -2.88. The molecule has 43 heavy (non-hydrogen) atoms. The van der Waals surface area contributed by atoms with Crippen molar-refractivity contribution in [2.75, 3.05) is 42.7 Å². The van der Waals surface area contributed by atoms with Crippen molar-refractivity contribution in [1.29, 1.82) is 0 Å². The summed E-state index contributed by atoms with van der Waals surface area (Å²) in [7, 11) is 10.1. The van der Waals surface area contributed by atoms with Gasteiger partial charge in [0.2, 0.25) is 0 Å². The number of alkyl halides is 1. The molecule has 4 aromatic carbocycles. The van der Waals surface area contributed by atoms with Crippen molar-refractivity contribution in [2.24, 2.45) is 0 Å². The Morgan fingerprint density at radius 1 is 0.535 bits per heavy atom. The molecule has 0 amide bonds. The standard InChI is InChI=1S/C34H31Br3O6/c1-38-19-11-7-17(8-12-19)29-26-22(41-4)15-23(42-5)32(35)28(26)27-25-21(40-3)16-24(43-6)33(36)31(25)34(29,37)30(27)18-9-13-20(39-2)14-10-18/h7-16,27,29-30H,1-6H3/t27?,29-,30?,34?/m1/s1. The van der Waals surface area contributed by atoms with E-state index in [0.29, 0.717) is 11.5 Å². The van der Waals surface area contributed by atoms with E-state index in [1.807, 2.05) is 36.4 Å². The molecular weight excluding hydrogens is 744 g/mol. The average molecular weight is 775 g/mol. The monoisotopic (exact) mass is 772 g/mol. The fourth-order valence-electron chi connectivity index (χ4n) is 7.05. The van der Waals surface area contributed by atoms with Crippen LogP contribution in [0.1, 0.15) is 51.1 Å². The molecule has 0 heterocycles. The quantitative estimate of drug-likeness (QED) is 0.167. The molecule has 2 aliphatic rings. The molecule has 0 fully saturated rings. The Labute approximate surface area is 277 Å². The summed E-state index contributed by atoms with van der Waals surface area (Å²) >= 11 is 12.4. The lowest BCUT2D eigenvalue weighted by Crippen LogP contribution is -2.38. The smallest absolute Gasteiger partial charge is 0.137 e. The third-order valence-corrected chi connectivity index (χ3v) is 11.8. The van der Waals surface area contributed by atoms with E-state index in [2.05, 4.69) is 72.1 Å². The largest absolute Gasteiger partial charge is 0.497 e. The molecule has 0 radical (unpaired) electrons. The summed E-state index contributed by atoms with van der Waals surface area (Å²) in [6, 6.07) is 20.5. The van der Waals surface area contributed by atoms with Crippen LogP contribution >= 0.6 is 47.8 Å². The first-order valence-corrected chi connectivity index (χ1v) is 16.0. The van der Waals surface area contributed by atoms with Crippen molar-refractivity contribution in [2.45, 2.75) is 22.1 Å². The van der Waals surface area contributed by atoms with Gasteiger partial charge >= 0.3 is 0 Å². The van der Waals surface area contributed by atoms with Crippen LogP contribution in [0, 0.1) is 0 Å². The SMILES string of the molecule is COc1ccc(C2C3c4c(Br)c(OC)cc(OC)c4[C@@H](c4ccc(OC)cc4)C2(Br)c2c(Br)c(OC)cc(OC)c23)cc1. The van der Waals surface area contributed by atoms with Gasteiger partial charge in [0.1, 0.15) is 34.5 Å². The molecule has 0 N–H and O–H groups in total. The van der Waals surface area contributed by atoms with E-state index < -0.39 is 4.32 Å². The third kappa shape index (κ3) is 4.37. The van der Waals surface area contributed by atoms with Crippen LogP contribution in [0.4, 0.5) is 0 Å². The summed E-state index contributed by atoms with van der Waals surface area (Å²) in [5.74, 6) is 4.00. The molecule has 224 valence electrons. The molecule has 6 nitrogen and oxygen atoms in total. The van der Waals surface area contributed by atoms with Crippen molar-refractivity contribution in [3.05, 3.63) is 103 Å². The fraction of sp³-hybridized carbons (Fsp3) is 0.294. The van der Waals surface area contributed by atoms with Gasteiger partial charge in [-0.25, -0.2) is 0 Å². The molecule has 4 aromatic rings. The highest BCUT2D eigenvalue weighted by Gasteiger charge is 2.64. The van der Waals surface area contributed by atoms with E-state index in [0.717, 1.165) is 65.3 Å².